The number of ether oxygens (including phenoxy) is 2. The first-order chi connectivity index (χ1) is 33.2. The first kappa shape index (κ1) is 80.5. The topological polar surface area (TPSA) is 185 Å². The fraction of sp³-hybridized carbons (Fsp3) is 0.917. The minimum atomic E-state index is -0.509. The summed E-state index contributed by atoms with van der Waals surface area (Å²) >= 11 is 0. The number of ketones is 5. The molecule has 5 aliphatic rings. The predicted octanol–water partition coefficient (Wildman–Crippen LogP) is 14.9. The van der Waals surface area contributed by atoms with E-state index in [1.54, 1.807) is 0 Å². The van der Waals surface area contributed by atoms with Crippen molar-refractivity contribution in [2.24, 2.45) is 23.7 Å². The minimum Gasteiger partial charge on any atom is -0.394 e. The Bertz CT molecular complexity index is 1060. The lowest BCUT2D eigenvalue weighted by Gasteiger charge is -2.25. The summed E-state index contributed by atoms with van der Waals surface area (Å²) in [6, 6.07) is 0. The van der Waals surface area contributed by atoms with Gasteiger partial charge in [-0.2, -0.15) is 0 Å². The van der Waals surface area contributed by atoms with E-state index in [-0.39, 0.29) is 47.9 Å². The molecule has 0 radical (unpaired) electrons. The van der Waals surface area contributed by atoms with Crippen LogP contribution in [0.15, 0.2) is 0 Å². The van der Waals surface area contributed by atoms with E-state index in [2.05, 4.69) is 27.7 Å². The van der Waals surface area contributed by atoms with E-state index in [4.69, 9.17) is 29.9 Å². The SMILES string of the molecule is CC(C)=O.CC(C)=O.CC(C)=O.CC(C)=O.CC(C)=O.CC1(C)OCC(CCCCCC2CCC2)O1.CC1CCC1.CCC.CCC(O)CO.CCCCC1CCC1.OCC(O)CCCCCC1CCC1. The van der Waals surface area contributed by atoms with Gasteiger partial charge in [0.15, 0.2) is 5.79 Å². The van der Waals surface area contributed by atoms with Crippen LogP contribution in [0.25, 0.3) is 0 Å². The molecule has 428 valence electrons. The maximum absolute atomic E-state index is 9.44. The van der Waals surface area contributed by atoms with Gasteiger partial charge < -0.3 is 53.9 Å². The fourth-order valence-corrected chi connectivity index (χ4v) is 6.55. The van der Waals surface area contributed by atoms with Crippen molar-refractivity contribution in [2.45, 2.75) is 315 Å². The minimum absolute atomic E-state index is 0.0807. The highest BCUT2D eigenvalue weighted by Gasteiger charge is 2.32. The second kappa shape index (κ2) is 59.0. The number of carbonyl (C=O) groups excluding carboxylic acids is 5. The van der Waals surface area contributed by atoms with Crippen LogP contribution in [-0.2, 0) is 33.4 Å². The molecule has 5 fully saturated rings. The van der Waals surface area contributed by atoms with Gasteiger partial charge in [-0.25, -0.2) is 0 Å². The summed E-state index contributed by atoms with van der Waals surface area (Å²) in [5, 5.41) is 34.2. The first-order valence-corrected chi connectivity index (χ1v) is 28.4. The molecule has 71 heavy (non-hydrogen) atoms. The molecule has 11 nitrogen and oxygen atoms in total. The van der Waals surface area contributed by atoms with Gasteiger partial charge in [0.05, 0.1) is 38.1 Å². The zero-order chi connectivity index (χ0) is 56.1. The van der Waals surface area contributed by atoms with E-state index in [9.17, 15) is 24.0 Å². The van der Waals surface area contributed by atoms with Crippen LogP contribution in [0, 0.1) is 23.7 Å². The lowest BCUT2D eigenvalue weighted by atomic mass is 9.81. The van der Waals surface area contributed by atoms with Crippen LogP contribution in [0.5, 0.6) is 0 Å². The van der Waals surface area contributed by atoms with Crippen LogP contribution in [0.2, 0.25) is 0 Å². The number of unbranched alkanes of at least 4 members (excludes halogenated alkanes) is 5. The molecule has 4 N–H and O–H groups in total. The van der Waals surface area contributed by atoms with E-state index in [1.807, 2.05) is 20.8 Å². The number of aliphatic hydroxyl groups is 4. The van der Waals surface area contributed by atoms with Gasteiger partial charge in [-0.3, -0.25) is 0 Å². The molecule has 0 aromatic heterocycles. The Balaban J connectivity index is -0.000000173. The zero-order valence-electron chi connectivity index (χ0n) is 49.9. The average molecular weight is 1020 g/mol. The summed E-state index contributed by atoms with van der Waals surface area (Å²) < 4.78 is 11.3. The second-order valence-corrected chi connectivity index (χ2v) is 21.6. The van der Waals surface area contributed by atoms with Gasteiger partial charge in [0.2, 0.25) is 0 Å². The van der Waals surface area contributed by atoms with E-state index < -0.39 is 12.2 Å². The highest BCUT2D eigenvalue weighted by molar-refractivity contribution is 5.73. The van der Waals surface area contributed by atoms with Gasteiger partial charge in [-0.1, -0.05) is 189 Å². The van der Waals surface area contributed by atoms with Gasteiger partial charge >= 0.3 is 0 Å². The maximum Gasteiger partial charge on any atom is 0.163 e. The van der Waals surface area contributed by atoms with Gasteiger partial charge in [-0.05, 0) is 126 Å². The third-order valence-electron chi connectivity index (χ3n) is 11.3. The highest BCUT2D eigenvalue weighted by atomic mass is 16.7. The zero-order valence-corrected chi connectivity index (χ0v) is 49.9. The van der Waals surface area contributed by atoms with Crippen molar-refractivity contribution in [2.75, 3.05) is 19.8 Å². The summed E-state index contributed by atoms with van der Waals surface area (Å²) in [6.45, 7) is 30.5. The summed E-state index contributed by atoms with van der Waals surface area (Å²) in [7, 11) is 0. The number of rotatable bonds is 18. The molecular weight excluding hydrogens is 897 g/mol. The lowest BCUT2D eigenvalue weighted by Crippen LogP contribution is -2.21. The van der Waals surface area contributed by atoms with Crippen molar-refractivity contribution >= 4 is 28.9 Å². The Morgan fingerprint density at radius 1 is 0.493 bits per heavy atom. The van der Waals surface area contributed by atoms with Crippen molar-refractivity contribution in [3.63, 3.8) is 0 Å². The molecule has 1 heterocycles. The molecule has 5 rings (SSSR count). The van der Waals surface area contributed by atoms with Crippen LogP contribution < -0.4 is 0 Å². The largest absolute Gasteiger partial charge is 0.394 e. The van der Waals surface area contributed by atoms with Crippen LogP contribution >= 0.6 is 0 Å². The van der Waals surface area contributed by atoms with Crippen LogP contribution in [-0.4, -0.2) is 93.3 Å². The molecule has 0 bridgehead atoms. The van der Waals surface area contributed by atoms with E-state index in [1.165, 1.54) is 223 Å². The molecule has 1 saturated heterocycles. The van der Waals surface area contributed by atoms with Crippen molar-refractivity contribution in [1.82, 2.24) is 0 Å². The number of aliphatic hydroxyl groups excluding tert-OH is 4. The Morgan fingerprint density at radius 3 is 1.00 bits per heavy atom. The van der Waals surface area contributed by atoms with Crippen LogP contribution in [0.3, 0.4) is 0 Å². The number of Topliss-reactive ketones (excluding diaryl/α,β-unsaturated/α-hetero) is 5. The molecule has 3 atom stereocenters. The Labute approximate surface area is 440 Å². The quantitative estimate of drug-likeness (QED) is 0.0958. The molecule has 4 aliphatic carbocycles. The molecule has 0 aromatic carbocycles. The van der Waals surface area contributed by atoms with Gasteiger partial charge in [0, 0.05) is 0 Å². The summed E-state index contributed by atoms with van der Waals surface area (Å²) in [6.07, 6.45) is 35.9. The van der Waals surface area contributed by atoms with Crippen molar-refractivity contribution < 1.29 is 53.9 Å². The molecule has 4 saturated carbocycles. The third-order valence-corrected chi connectivity index (χ3v) is 11.3. The Morgan fingerprint density at radius 2 is 0.789 bits per heavy atom. The van der Waals surface area contributed by atoms with E-state index >= 15 is 0 Å². The Kier molecular flexibility index (Phi) is 66.9. The molecular formula is C60H122O11. The molecule has 3 unspecified atom stereocenters. The highest BCUT2D eigenvalue weighted by Crippen LogP contribution is 2.33. The maximum atomic E-state index is 9.44. The van der Waals surface area contributed by atoms with Crippen molar-refractivity contribution in [1.29, 1.82) is 0 Å². The summed E-state index contributed by atoms with van der Waals surface area (Å²) in [4.78, 5) is 47.2. The molecule has 1 aliphatic heterocycles. The molecule has 0 amide bonds. The van der Waals surface area contributed by atoms with Gasteiger partial charge in [0.1, 0.15) is 28.9 Å². The van der Waals surface area contributed by atoms with Crippen LogP contribution in [0.1, 0.15) is 291 Å². The Hall–Kier alpha value is -1.89. The molecule has 0 aromatic rings. The lowest BCUT2D eigenvalue weighted by molar-refractivity contribution is -0.139. The predicted molar refractivity (Wildman–Crippen MR) is 300 cm³/mol. The number of hydrogen-bond donors (Lipinski definition) is 4. The first-order valence-electron chi connectivity index (χ1n) is 28.4. The van der Waals surface area contributed by atoms with Gasteiger partial charge in [0.25, 0.3) is 0 Å². The standard InChI is InChI=1S/C14H26O2.C11H22O2.C8H16.C5H10.C4H10O2.5C3H6O.C3H8/c1-14(2)15-11-13(16-14)10-5-3-4-7-12-8-6-9-12;12-9-11(13)8-3-1-2-5-10-6-4-7-10;1-2-3-5-8-6-4-7-8;1-5-3-2-4-5;1-2-4(6)3-5;5*1-3(2)4;1-3-2/h12-13H,3-11H2,1-2H3;10-13H,1-9H2;8H,2-7H2,1H3;5H,2-4H2,1H3;4-6H,2-3H2,1H3;5*1-2H3;3H2,1-2H3. The average Bonchev–Trinajstić information content (AvgIpc) is 3.55. The monoisotopic (exact) mass is 1020 g/mol. The number of carbonyl (C=O) groups is 5. The smallest absolute Gasteiger partial charge is 0.163 e. The molecule has 11 heteroatoms. The number of hydrogen-bond acceptors (Lipinski definition) is 11. The summed E-state index contributed by atoms with van der Waals surface area (Å²) in [5.41, 5.74) is 0. The molecule has 0 spiro atoms. The van der Waals surface area contributed by atoms with E-state index in [0.29, 0.717) is 12.5 Å². The second-order valence-electron chi connectivity index (χ2n) is 21.6. The van der Waals surface area contributed by atoms with Crippen molar-refractivity contribution in [3.8, 4) is 0 Å². The summed E-state index contributed by atoms with van der Waals surface area (Å²) in [5.74, 6) is 4.79. The van der Waals surface area contributed by atoms with Gasteiger partial charge in [-0.15, -0.1) is 0 Å². The normalized spacial score (nSPS) is 17.7. The van der Waals surface area contributed by atoms with Crippen LogP contribution in [0.4, 0.5) is 0 Å². The van der Waals surface area contributed by atoms with Crippen molar-refractivity contribution in [3.05, 3.63) is 0 Å². The third kappa shape index (κ3) is 85.2. The van der Waals surface area contributed by atoms with E-state index in [0.717, 1.165) is 43.1 Å². The fourth-order valence-electron chi connectivity index (χ4n) is 6.55.